The van der Waals surface area contributed by atoms with E-state index in [1.807, 2.05) is 37.1 Å². The van der Waals surface area contributed by atoms with E-state index in [0.717, 1.165) is 5.69 Å². The molecule has 0 saturated carbocycles. The maximum Gasteiger partial charge on any atom is 0.234 e. The summed E-state index contributed by atoms with van der Waals surface area (Å²) in [5, 5.41) is 11.4. The molecule has 5 nitrogen and oxygen atoms in total. The molecular formula is C13H18N4O. The number of nitrogens with zero attached hydrogens (tertiary/aromatic N) is 3. The summed E-state index contributed by atoms with van der Waals surface area (Å²) in [7, 11) is 1.84. The molecule has 0 aromatic carbocycles. The highest BCUT2D eigenvalue weighted by atomic mass is 16.2. The molecule has 1 unspecified atom stereocenters. The zero-order valence-electron chi connectivity index (χ0n) is 10.8. The maximum atomic E-state index is 11.7. The van der Waals surface area contributed by atoms with E-state index in [-0.39, 0.29) is 18.5 Å². The number of nitriles is 1. The lowest BCUT2D eigenvalue weighted by Crippen LogP contribution is -2.39. The van der Waals surface area contributed by atoms with Gasteiger partial charge in [-0.2, -0.15) is 5.26 Å². The van der Waals surface area contributed by atoms with Crippen molar-refractivity contribution in [3.05, 3.63) is 30.1 Å². The molecule has 1 rings (SSSR count). The maximum absolute atomic E-state index is 11.7. The van der Waals surface area contributed by atoms with Crippen molar-refractivity contribution in [2.75, 3.05) is 13.6 Å². The smallest absolute Gasteiger partial charge is 0.234 e. The van der Waals surface area contributed by atoms with Crippen LogP contribution >= 0.6 is 0 Å². The Kier molecular flexibility index (Phi) is 5.81. The lowest BCUT2D eigenvalue weighted by atomic mass is 10.2. The van der Waals surface area contributed by atoms with Gasteiger partial charge in [-0.1, -0.05) is 6.07 Å². The van der Waals surface area contributed by atoms with Crippen LogP contribution in [0.2, 0.25) is 0 Å². The lowest BCUT2D eigenvalue weighted by Gasteiger charge is -2.21. The number of likely N-dealkylation sites (N-methyl/N-ethyl adjacent to an activating group) is 1. The molecule has 1 heterocycles. The highest BCUT2D eigenvalue weighted by molar-refractivity contribution is 5.77. The average Bonchev–Trinajstić information content (AvgIpc) is 2.38. The van der Waals surface area contributed by atoms with Gasteiger partial charge >= 0.3 is 0 Å². The molecule has 0 radical (unpaired) electrons. The summed E-state index contributed by atoms with van der Waals surface area (Å²) in [5.74, 6) is -0.0621. The number of carbonyl (C=O) groups is 1. The second-order valence-corrected chi connectivity index (χ2v) is 4.22. The largest absolute Gasteiger partial charge is 0.349 e. The number of hydrogen-bond donors (Lipinski definition) is 1. The van der Waals surface area contributed by atoms with E-state index in [1.165, 1.54) is 0 Å². The van der Waals surface area contributed by atoms with Crippen LogP contribution in [0.4, 0.5) is 0 Å². The van der Waals surface area contributed by atoms with Crippen LogP contribution in [-0.2, 0) is 11.3 Å². The summed E-state index contributed by atoms with van der Waals surface area (Å²) >= 11 is 0. The first-order valence-electron chi connectivity index (χ1n) is 5.87. The zero-order valence-corrected chi connectivity index (χ0v) is 10.8. The Morgan fingerprint density at radius 2 is 2.39 bits per heavy atom. The van der Waals surface area contributed by atoms with Crippen LogP contribution < -0.4 is 5.32 Å². The van der Waals surface area contributed by atoms with Gasteiger partial charge in [-0.25, -0.2) is 0 Å². The van der Waals surface area contributed by atoms with Crippen LogP contribution in [-0.4, -0.2) is 35.4 Å². The van der Waals surface area contributed by atoms with E-state index in [2.05, 4.69) is 16.4 Å². The summed E-state index contributed by atoms with van der Waals surface area (Å²) in [4.78, 5) is 17.7. The predicted molar refractivity (Wildman–Crippen MR) is 68.4 cm³/mol. The first kappa shape index (κ1) is 14.1. The van der Waals surface area contributed by atoms with Gasteiger partial charge in [-0.3, -0.25) is 14.7 Å². The Hall–Kier alpha value is -1.93. The Balaban J connectivity index is 2.32. The Morgan fingerprint density at radius 1 is 1.61 bits per heavy atom. The molecule has 0 aliphatic heterocycles. The van der Waals surface area contributed by atoms with Gasteiger partial charge in [0.15, 0.2) is 0 Å². The molecule has 1 aromatic heterocycles. The monoisotopic (exact) mass is 246 g/mol. The van der Waals surface area contributed by atoms with Gasteiger partial charge < -0.3 is 5.32 Å². The topological polar surface area (TPSA) is 69.0 Å². The van der Waals surface area contributed by atoms with Gasteiger partial charge in [0.2, 0.25) is 5.91 Å². The van der Waals surface area contributed by atoms with E-state index >= 15 is 0 Å². The average molecular weight is 246 g/mol. The third kappa shape index (κ3) is 4.93. The van der Waals surface area contributed by atoms with E-state index in [9.17, 15) is 4.79 Å². The summed E-state index contributed by atoms with van der Waals surface area (Å²) < 4.78 is 0. The van der Waals surface area contributed by atoms with Crippen molar-refractivity contribution in [3.63, 3.8) is 0 Å². The first-order chi connectivity index (χ1) is 8.63. The van der Waals surface area contributed by atoms with Crippen molar-refractivity contribution in [1.29, 1.82) is 5.26 Å². The van der Waals surface area contributed by atoms with Gasteiger partial charge in [-0.15, -0.1) is 0 Å². The van der Waals surface area contributed by atoms with E-state index in [4.69, 9.17) is 5.26 Å². The van der Waals surface area contributed by atoms with Crippen LogP contribution in [0.25, 0.3) is 0 Å². The fourth-order valence-electron chi connectivity index (χ4n) is 1.42. The third-order valence-electron chi connectivity index (χ3n) is 2.72. The van der Waals surface area contributed by atoms with Crippen LogP contribution in [0, 0.1) is 11.3 Å². The van der Waals surface area contributed by atoms with Gasteiger partial charge in [0.1, 0.15) is 0 Å². The number of rotatable bonds is 6. The van der Waals surface area contributed by atoms with Crippen molar-refractivity contribution >= 4 is 5.91 Å². The van der Waals surface area contributed by atoms with E-state index in [1.54, 1.807) is 6.20 Å². The fraction of sp³-hybridized carbons (Fsp3) is 0.462. The van der Waals surface area contributed by atoms with Crippen molar-refractivity contribution < 1.29 is 4.79 Å². The van der Waals surface area contributed by atoms with Crippen molar-refractivity contribution in [2.24, 2.45) is 0 Å². The molecule has 0 aliphatic rings. The van der Waals surface area contributed by atoms with E-state index in [0.29, 0.717) is 13.0 Å². The van der Waals surface area contributed by atoms with Crippen molar-refractivity contribution in [3.8, 4) is 6.07 Å². The van der Waals surface area contributed by atoms with Gasteiger partial charge in [0.25, 0.3) is 0 Å². The zero-order chi connectivity index (χ0) is 13.4. The molecule has 0 aliphatic carbocycles. The summed E-state index contributed by atoms with van der Waals surface area (Å²) in [6.45, 7) is 2.64. The normalized spacial score (nSPS) is 11.9. The number of amides is 1. The molecule has 1 N–H and O–H groups in total. The Bertz CT molecular complexity index is 413. The second kappa shape index (κ2) is 7.41. The van der Waals surface area contributed by atoms with Gasteiger partial charge in [0.05, 0.1) is 31.3 Å². The lowest BCUT2D eigenvalue weighted by molar-refractivity contribution is -0.122. The number of nitrogens with one attached hydrogen (secondary N) is 1. The molecule has 0 bridgehead atoms. The van der Waals surface area contributed by atoms with Gasteiger partial charge in [0, 0.05) is 12.2 Å². The van der Waals surface area contributed by atoms with Crippen LogP contribution in [0.3, 0.4) is 0 Å². The Morgan fingerprint density at radius 3 is 3.00 bits per heavy atom. The molecule has 5 heteroatoms. The number of carbonyl (C=O) groups excluding carboxylic acids is 1. The van der Waals surface area contributed by atoms with Crippen LogP contribution in [0.1, 0.15) is 19.0 Å². The minimum absolute atomic E-state index is 0.0621. The summed E-state index contributed by atoms with van der Waals surface area (Å²) in [6.07, 6.45) is 2.12. The molecule has 0 spiro atoms. The number of aromatic nitrogens is 1. The highest BCUT2D eigenvalue weighted by Gasteiger charge is 2.12. The fourth-order valence-corrected chi connectivity index (χ4v) is 1.42. The third-order valence-corrected chi connectivity index (χ3v) is 2.72. The second-order valence-electron chi connectivity index (χ2n) is 4.22. The quantitative estimate of drug-likeness (QED) is 0.810. The number of pyridine rings is 1. The standard InChI is InChI=1S/C13H18N4O/c1-11(6-7-14)17(2)10-13(18)16-9-12-5-3-4-8-15-12/h3-5,8,11H,6,9-10H2,1-2H3,(H,16,18). The molecule has 1 amide bonds. The summed E-state index contributed by atoms with van der Waals surface area (Å²) in [6, 6.07) is 7.76. The van der Waals surface area contributed by atoms with Gasteiger partial charge in [-0.05, 0) is 26.1 Å². The highest BCUT2D eigenvalue weighted by Crippen LogP contribution is 1.99. The Labute approximate surface area is 107 Å². The minimum atomic E-state index is -0.0621. The molecule has 96 valence electrons. The molecule has 1 aromatic rings. The van der Waals surface area contributed by atoms with Crippen molar-refractivity contribution in [1.82, 2.24) is 15.2 Å². The summed E-state index contributed by atoms with van der Waals surface area (Å²) in [5.41, 5.74) is 0.832. The number of hydrogen-bond acceptors (Lipinski definition) is 4. The molecule has 18 heavy (non-hydrogen) atoms. The minimum Gasteiger partial charge on any atom is -0.349 e. The molecule has 0 saturated heterocycles. The molecular weight excluding hydrogens is 228 g/mol. The predicted octanol–water partition coefficient (Wildman–Crippen LogP) is 0.932. The van der Waals surface area contributed by atoms with Crippen LogP contribution in [0.15, 0.2) is 24.4 Å². The molecule has 0 fully saturated rings. The van der Waals surface area contributed by atoms with E-state index < -0.39 is 0 Å². The first-order valence-corrected chi connectivity index (χ1v) is 5.87. The van der Waals surface area contributed by atoms with Crippen molar-refractivity contribution in [2.45, 2.75) is 25.9 Å². The molecule has 1 atom stereocenters. The SMILES string of the molecule is CC(CC#N)N(C)CC(=O)NCc1ccccn1. The van der Waals surface area contributed by atoms with Crippen LogP contribution in [0.5, 0.6) is 0 Å².